The first-order valence-electron chi connectivity index (χ1n) is 6.24. The van der Waals surface area contributed by atoms with Crippen LogP contribution >= 0.6 is 0 Å². The fourth-order valence-electron chi connectivity index (χ4n) is 2.87. The van der Waals surface area contributed by atoms with E-state index >= 15 is 0 Å². The fraction of sp³-hybridized carbons (Fsp3) is 0.917. The van der Waals surface area contributed by atoms with Gasteiger partial charge in [-0.2, -0.15) is 0 Å². The van der Waals surface area contributed by atoms with E-state index in [2.05, 4.69) is 17.1 Å². The van der Waals surface area contributed by atoms with Crippen LogP contribution < -0.4 is 5.32 Å². The zero-order chi connectivity index (χ0) is 10.8. The molecule has 1 saturated carbocycles. The summed E-state index contributed by atoms with van der Waals surface area (Å²) in [5.41, 5.74) is 0. The molecule has 86 valence electrons. The van der Waals surface area contributed by atoms with Crippen molar-refractivity contribution in [1.29, 1.82) is 0 Å². The number of hydrogen-bond donors (Lipinski definition) is 1. The molecule has 0 spiro atoms. The number of hydrogen-bond acceptors (Lipinski definition) is 2. The number of carbonyl (C=O) groups is 1. The third-order valence-corrected chi connectivity index (χ3v) is 3.94. The van der Waals surface area contributed by atoms with Crippen LogP contribution in [0.25, 0.3) is 0 Å². The first-order valence-corrected chi connectivity index (χ1v) is 6.24. The van der Waals surface area contributed by atoms with Crippen LogP contribution in [0.3, 0.4) is 0 Å². The Morgan fingerprint density at radius 2 is 1.93 bits per heavy atom. The Hall–Kier alpha value is -0.570. The van der Waals surface area contributed by atoms with Gasteiger partial charge in [0.1, 0.15) is 0 Å². The Bertz CT molecular complexity index is 242. The highest BCUT2D eigenvalue weighted by atomic mass is 16.2. The van der Waals surface area contributed by atoms with Crippen LogP contribution in [0.2, 0.25) is 0 Å². The maximum absolute atomic E-state index is 11.9. The lowest BCUT2D eigenvalue weighted by molar-refractivity contribution is -0.131. The molecule has 0 bridgehead atoms. The molecule has 1 aliphatic carbocycles. The average molecular weight is 210 g/mol. The minimum absolute atomic E-state index is 0.0282. The van der Waals surface area contributed by atoms with Crippen molar-refractivity contribution in [3.63, 3.8) is 0 Å². The molecule has 3 heteroatoms. The molecule has 0 radical (unpaired) electrons. The summed E-state index contributed by atoms with van der Waals surface area (Å²) >= 11 is 0. The molecular weight excluding hydrogens is 188 g/mol. The van der Waals surface area contributed by atoms with Gasteiger partial charge in [0, 0.05) is 6.04 Å². The zero-order valence-electron chi connectivity index (χ0n) is 9.83. The van der Waals surface area contributed by atoms with Gasteiger partial charge >= 0.3 is 0 Å². The predicted octanol–water partition coefficient (Wildman–Crippen LogP) is 1.73. The van der Waals surface area contributed by atoms with Crippen LogP contribution in [-0.2, 0) is 4.79 Å². The summed E-state index contributed by atoms with van der Waals surface area (Å²) in [6, 6.07) is 0.512. The first-order chi connectivity index (χ1) is 7.20. The molecule has 1 aliphatic heterocycles. The van der Waals surface area contributed by atoms with Crippen molar-refractivity contribution in [3.8, 4) is 0 Å². The Morgan fingerprint density at radius 1 is 1.20 bits per heavy atom. The van der Waals surface area contributed by atoms with E-state index in [9.17, 15) is 4.79 Å². The molecule has 3 nitrogen and oxygen atoms in total. The number of nitrogens with one attached hydrogen (secondary N) is 1. The van der Waals surface area contributed by atoms with Gasteiger partial charge in [0.05, 0.1) is 12.7 Å². The molecule has 15 heavy (non-hydrogen) atoms. The lowest BCUT2D eigenvalue weighted by Crippen LogP contribution is -2.41. The van der Waals surface area contributed by atoms with Crippen LogP contribution in [0.15, 0.2) is 0 Å². The van der Waals surface area contributed by atoms with Crippen molar-refractivity contribution in [1.82, 2.24) is 10.2 Å². The Kier molecular flexibility index (Phi) is 3.29. The fourth-order valence-corrected chi connectivity index (χ4v) is 2.87. The van der Waals surface area contributed by atoms with Crippen LogP contribution in [0.5, 0.6) is 0 Å². The highest BCUT2D eigenvalue weighted by Gasteiger charge is 2.35. The van der Waals surface area contributed by atoms with Gasteiger partial charge in [-0.05, 0) is 25.7 Å². The molecule has 2 fully saturated rings. The van der Waals surface area contributed by atoms with Crippen molar-refractivity contribution in [2.45, 2.75) is 58.0 Å². The second-order valence-corrected chi connectivity index (χ2v) is 5.07. The normalized spacial score (nSPS) is 38.1. The lowest BCUT2D eigenvalue weighted by atomic mass is 9.95. The molecule has 1 heterocycles. The van der Waals surface area contributed by atoms with E-state index in [-0.39, 0.29) is 6.04 Å². The van der Waals surface area contributed by atoms with E-state index in [1.807, 2.05) is 6.92 Å². The van der Waals surface area contributed by atoms with E-state index < -0.39 is 0 Å². The molecule has 0 aromatic rings. The second-order valence-electron chi connectivity index (χ2n) is 5.07. The zero-order valence-corrected chi connectivity index (χ0v) is 9.83. The SMILES string of the molecule is CC1NCN(C2CCCCCC2C)C1=O. The van der Waals surface area contributed by atoms with Crippen molar-refractivity contribution in [2.75, 3.05) is 6.67 Å². The predicted molar refractivity (Wildman–Crippen MR) is 60.3 cm³/mol. The van der Waals surface area contributed by atoms with E-state index in [0.29, 0.717) is 17.9 Å². The molecule has 1 N–H and O–H groups in total. The molecule has 0 aromatic carbocycles. The largest absolute Gasteiger partial charge is 0.325 e. The smallest absolute Gasteiger partial charge is 0.240 e. The van der Waals surface area contributed by atoms with Crippen LogP contribution in [0.1, 0.15) is 46.0 Å². The minimum Gasteiger partial charge on any atom is -0.325 e. The number of nitrogens with zero attached hydrogens (tertiary/aromatic N) is 1. The molecule has 0 aromatic heterocycles. The van der Waals surface area contributed by atoms with Crippen LogP contribution in [0.4, 0.5) is 0 Å². The summed E-state index contributed by atoms with van der Waals surface area (Å²) in [5, 5.41) is 3.23. The van der Waals surface area contributed by atoms with Crippen molar-refractivity contribution < 1.29 is 4.79 Å². The first kappa shape index (κ1) is 10.9. The van der Waals surface area contributed by atoms with E-state index in [4.69, 9.17) is 0 Å². The van der Waals surface area contributed by atoms with Crippen molar-refractivity contribution in [2.24, 2.45) is 5.92 Å². The molecule has 2 aliphatic rings. The summed E-state index contributed by atoms with van der Waals surface area (Å²) in [6.07, 6.45) is 6.44. The standard InChI is InChI=1S/C12H22N2O/c1-9-6-4-3-5-7-11(9)14-8-13-10(2)12(14)15/h9-11,13H,3-8H2,1-2H3. The number of amides is 1. The number of carbonyl (C=O) groups excluding carboxylic acids is 1. The van der Waals surface area contributed by atoms with Gasteiger partial charge in [-0.15, -0.1) is 0 Å². The lowest BCUT2D eigenvalue weighted by Gasteiger charge is -2.31. The topological polar surface area (TPSA) is 32.3 Å². The van der Waals surface area contributed by atoms with Gasteiger partial charge in [-0.25, -0.2) is 0 Å². The maximum Gasteiger partial charge on any atom is 0.240 e. The minimum atomic E-state index is 0.0282. The Labute approximate surface area is 92.2 Å². The number of rotatable bonds is 1. The summed E-state index contributed by atoms with van der Waals surface area (Å²) in [7, 11) is 0. The molecule has 3 unspecified atom stereocenters. The maximum atomic E-state index is 11.9. The van der Waals surface area contributed by atoms with Crippen molar-refractivity contribution >= 4 is 5.91 Å². The van der Waals surface area contributed by atoms with Gasteiger partial charge in [-0.3, -0.25) is 10.1 Å². The van der Waals surface area contributed by atoms with Crippen LogP contribution in [-0.4, -0.2) is 29.6 Å². The molecule has 1 amide bonds. The molecule has 2 rings (SSSR count). The monoisotopic (exact) mass is 210 g/mol. The van der Waals surface area contributed by atoms with Gasteiger partial charge in [0.25, 0.3) is 0 Å². The Balaban J connectivity index is 2.04. The summed E-state index contributed by atoms with van der Waals surface area (Å²) in [4.78, 5) is 14.0. The molecule has 3 atom stereocenters. The van der Waals surface area contributed by atoms with Gasteiger partial charge in [0.15, 0.2) is 0 Å². The highest BCUT2D eigenvalue weighted by Crippen LogP contribution is 2.28. The summed E-state index contributed by atoms with van der Waals surface area (Å²) in [6.45, 7) is 5.02. The van der Waals surface area contributed by atoms with Gasteiger partial charge in [0.2, 0.25) is 5.91 Å². The summed E-state index contributed by atoms with van der Waals surface area (Å²) < 4.78 is 0. The van der Waals surface area contributed by atoms with Crippen LogP contribution in [0, 0.1) is 5.92 Å². The average Bonchev–Trinajstić information content (AvgIpc) is 2.43. The van der Waals surface area contributed by atoms with E-state index in [1.165, 1.54) is 32.1 Å². The van der Waals surface area contributed by atoms with Crippen molar-refractivity contribution in [3.05, 3.63) is 0 Å². The summed E-state index contributed by atoms with van der Waals surface area (Å²) in [5.74, 6) is 0.970. The van der Waals surface area contributed by atoms with E-state index in [0.717, 1.165) is 6.67 Å². The third kappa shape index (κ3) is 2.17. The van der Waals surface area contributed by atoms with Gasteiger partial charge < -0.3 is 4.90 Å². The molecule has 1 saturated heterocycles. The highest BCUT2D eigenvalue weighted by molar-refractivity contribution is 5.83. The van der Waals surface area contributed by atoms with Gasteiger partial charge in [-0.1, -0.05) is 26.2 Å². The molecular formula is C12H22N2O. The van der Waals surface area contributed by atoms with E-state index in [1.54, 1.807) is 0 Å². The Morgan fingerprint density at radius 3 is 2.60 bits per heavy atom. The third-order valence-electron chi connectivity index (χ3n) is 3.94. The quantitative estimate of drug-likeness (QED) is 0.669. The second kappa shape index (κ2) is 4.52.